The fourth-order valence-electron chi connectivity index (χ4n) is 1.79. The SMILES string of the molecule is CC1(C)CC(NCCC(=O)O)CCO1. The normalized spacial score (nSPS) is 26.0. The molecule has 0 bridgehead atoms. The van der Waals surface area contributed by atoms with Crippen LogP contribution in [-0.4, -0.2) is 35.9 Å². The van der Waals surface area contributed by atoms with Gasteiger partial charge in [-0.05, 0) is 26.7 Å². The largest absolute Gasteiger partial charge is 0.481 e. The number of carbonyl (C=O) groups is 1. The van der Waals surface area contributed by atoms with Crippen molar-refractivity contribution >= 4 is 5.97 Å². The van der Waals surface area contributed by atoms with Crippen molar-refractivity contribution in [2.24, 2.45) is 0 Å². The third-order valence-electron chi connectivity index (χ3n) is 2.47. The molecule has 0 saturated carbocycles. The molecule has 4 heteroatoms. The number of carboxylic acid groups (broad SMARTS) is 1. The summed E-state index contributed by atoms with van der Waals surface area (Å²) >= 11 is 0. The van der Waals surface area contributed by atoms with Crippen LogP contribution < -0.4 is 5.32 Å². The van der Waals surface area contributed by atoms with E-state index in [1.165, 1.54) is 0 Å². The van der Waals surface area contributed by atoms with E-state index in [-0.39, 0.29) is 12.0 Å². The van der Waals surface area contributed by atoms with E-state index in [1.807, 2.05) is 0 Å². The van der Waals surface area contributed by atoms with Gasteiger partial charge in [0, 0.05) is 19.2 Å². The first-order valence-corrected chi connectivity index (χ1v) is 5.09. The molecule has 0 aromatic carbocycles. The Labute approximate surface area is 84.6 Å². The number of aliphatic carboxylic acids is 1. The van der Waals surface area contributed by atoms with Crippen molar-refractivity contribution in [3.63, 3.8) is 0 Å². The molecule has 2 N–H and O–H groups in total. The van der Waals surface area contributed by atoms with E-state index in [9.17, 15) is 4.79 Å². The van der Waals surface area contributed by atoms with Gasteiger partial charge in [-0.15, -0.1) is 0 Å². The number of ether oxygens (including phenoxy) is 1. The maximum absolute atomic E-state index is 10.3. The molecule has 4 nitrogen and oxygen atoms in total. The number of nitrogens with one attached hydrogen (secondary N) is 1. The molecule has 1 fully saturated rings. The summed E-state index contributed by atoms with van der Waals surface area (Å²) in [6, 6.07) is 0.401. The van der Waals surface area contributed by atoms with E-state index < -0.39 is 5.97 Å². The van der Waals surface area contributed by atoms with E-state index in [4.69, 9.17) is 9.84 Å². The Hall–Kier alpha value is -0.610. The van der Waals surface area contributed by atoms with Crippen LogP contribution in [0.4, 0.5) is 0 Å². The van der Waals surface area contributed by atoms with Crippen LogP contribution >= 0.6 is 0 Å². The number of hydrogen-bond acceptors (Lipinski definition) is 3. The van der Waals surface area contributed by atoms with Gasteiger partial charge in [0.15, 0.2) is 0 Å². The lowest BCUT2D eigenvalue weighted by Gasteiger charge is -2.35. The maximum atomic E-state index is 10.3. The molecule has 0 aliphatic carbocycles. The average molecular weight is 201 g/mol. The molecule has 1 unspecified atom stereocenters. The third kappa shape index (κ3) is 4.07. The summed E-state index contributed by atoms with van der Waals surface area (Å²) in [5, 5.41) is 11.7. The molecule has 1 aliphatic heterocycles. The number of hydrogen-bond donors (Lipinski definition) is 2. The van der Waals surface area contributed by atoms with Crippen molar-refractivity contribution in [3.05, 3.63) is 0 Å². The van der Waals surface area contributed by atoms with E-state index in [2.05, 4.69) is 19.2 Å². The summed E-state index contributed by atoms with van der Waals surface area (Å²) in [4.78, 5) is 10.3. The zero-order valence-electron chi connectivity index (χ0n) is 8.88. The van der Waals surface area contributed by atoms with E-state index in [0.29, 0.717) is 12.6 Å². The standard InChI is InChI=1S/C10H19NO3/c1-10(2)7-8(4-6-14-10)11-5-3-9(12)13/h8,11H,3-7H2,1-2H3,(H,12,13). The first-order valence-electron chi connectivity index (χ1n) is 5.09. The quantitative estimate of drug-likeness (QED) is 0.712. The Morgan fingerprint density at radius 3 is 2.93 bits per heavy atom. The number of carboxylic acids is 1. The lowest BCUT2D eigenvalue weighted by atomic mass is 9.94. The second-order valence-electron chi connectivity index (χ2n) is 4.40. The molecule has 1 rings (SSSR count). The lowest BCUT2D eigenvalue weighted by Crippen LogP contribution is -2.44. The Kier molecular flexibility index (Phi) is 3.89. The molecule has 14 heavy (non-hydrogen) atoms. The summed E-state index contributed by atoms with van der Waals surface area (Å²) < 4.78 is 5.57. The van der Waals surface area contributed by atoms with Gasteiger partial charge in [0.25, 0.3) is 0 Å². The van der Waals surface area contributed by atoms with Crippen molar-refractivity contribution in [3.8, 4) is 0 Å². The minimum absolute atomic E-state index is 0.0703. The van der Waals surface area contributed by atoms with Crippen LogP contribution in [0.1, 0.15) is 33.1 Å². The van der Waals surface area contributed by atoms with Gasteiger partial charge >= 0.3 is 5.97 Å². The Morgan fingerprint density at radius 1 is 1.64 bits per heavy atom. The van der Waals surface area contributed by atoms with E-state index in [0.717, 1.165) is 19.4 Å². The molecular weight excluding hydrogens is 182 g/mol. The van der Waals surface area contributed by atoms with Crippen LogP contribution in [0, 0.1) is 0 Å². The van der Waals surface area contributed by atoms with Crippen molar-refractivity contribution < 1.29 is 14.6 Å². The molecule has 1 aliphatic rings. The Bertz CT molecular complexity index is 204. The van der Waals surface area contributed by atoms with Crippen LogP contribution in [0.2, 0.25) is 0 Å². The van der Waals surface area contributed by atoms with Gasteiger partial charge < -0.3 is 15.2 Å². The zero-order valence-corrected chi connectivity index (χ0v) is 8.88. The zero-order chi connectivity index (χ0) is 10.6. The van der Waals surface area contributed by atoms with Gasteiger partial charge in [0.05, 0.1) is 12.0 Å². The fourth-order valence-corrected chi connectivity index (χ4v) is 1.79. The van der Waals surface area contributed by atoms with Crippen molar-refractivity contribution in [2.75, 3.05) is 13.2 Å². The van der Waals surface area contributed by atoms with Gasteiger partial charge in [-0.2, -0.15) is 0 Å². The van der Waals surface area contributed by atoms with Gasteiger partial charge in [-0.25, -0.2) is 0 Å². The van der Waals surface area contributed by atoms with Crippen molar-refractivity contribution in [1.82, 2.24) is 5.32 Å². The molecule has 0 spiro atoms. The highest BCUT2D eigenvalue weighted by Crippen LogP contribution is 2.23. The molecule has 1 saturated heterocycles. The molecule has 0 aromatic heterocycles. The van der Waals surface area contributed by atoms with Gasteiger partial charge in [0.1, 0.15) is 0 Å². The Morgan fingerprint density at radius 2 is 2.36 bits per heavy atom. The summed E-state index contributed by atoms with van der Waals surface area (Å²) in [6.45, 7) is 5.45. The predicted octanol–water partition coefficient (Wildman–Crippen LogP) is 1.01. The molecule has 1 heterocycles. The molecule has 0 aromatic rings. The van der Waals surface area contributed by atoms with Crippen LogP contribution in [0.5, 0.6) is 0 Å². The lowest BCUT2D eigenvalue weighted by molar-refractivity contribution is -0.136. The van der Waals surface area contributed by atoms with Gasteiger partial charge in [0.2, 0.25) is 0 Å². The first kappa shape index (κ1) is 11.5. The highest BCUT2D eigenvalue weighted by atomic mass is 16.5. The third-order valence-corrected chi connectivity index (χ3v) is 2.47. The van der Waals surface area contributed by atoms with E-state index in [1.54, 1.807) is 0 Å². The second kappa shape index (κ2) is 4.75. The minimum Gasteiger partial charge on any atom is -0.481 e. The summed E-state index contributed by atoms with van der Waals surface area (Å²) in [5.74, 6) is -0.746. The molecule has 82 valence electrons. The molecule has 0 radical (unpaired) electrons. The average Bonchev–Trinajstić information content (AvgIpc) is 2.01. The van der Waals surface area contributed by atoms with Gasteiger partial charge in [-0.3, -0.25) is 4.79 Å². The topological polar surface area (TPSA) is 58.6 Å². The predicted molar refractivity (Wildman–Crippen MR) is 53.3 cm³/mol. The molecule has 0 amide bonds. The van der Waals surface area contributed by atoms with Gasteiger partial charge in [-0.1, -0.05) is 0 Å². The first-order chi connectivity index (χ1) is 6.49. The highest BCUT2D eigenvalue weighted by Gasteiger charge is 2.28. The molecular formula is C10H19NO3. The summed E-state index contributed by atoms with van der Waals surface area (Å²) in [6.07, 6.45) is 2.12. The smallest absolute Gasteiger partial charge is 0.304 e. The summed E-state index contributed by atoms with van der Waals surface area (Å²) in [5.41, 5.74) is -0.0703. The maximum Gasteiger partial charge on any atom is 0.304 e. The van der Waals surface area contributed by atoms with Crippen LogP contribution in [0.25, 0.3) is 0 Å². The van der Waals surface area contributed by atoms with Crippen LogP contribution in [0.15, 0.2) is 0 Å². The molecule has 1 atom stereocenters. The van der Waals surface area contributed by atoms with Crippen LogP contribution in [0.3, 0.4) is 0 Å². The van der Waals surface area contributed by atoms with Crippen molar-refractivity contribution in [1.29, 1.82) is 0 Å². The second-order valence-corrected chi connectivity index (χ2v) is 4.40. The minimum atomic E-state index is -0.746. The summed E-state index contributed by atoms with van der Waals surface area (Å²) in [7, 11) is 0. The van der Waals surface area contributed by atoms with Crippen LogP contribution in [-0.2, 0) is 9.53 Å². The highest BCUT2D eigenvalue weighted by molar-refractivity contribution is 5.66. The fraction of sp³-hybridized carbons (Fsp3) is 0.900. The van der Waals surface area contributed by atoms with E-state index >= 15 is 0 Å². The monoisotopic (exact) mass is 201 g/mol. The Balaban J connectivity index is 2.21. The van der Waals surface area contributed by atoms with Crippen molar-refractivity contribution in [2.45, 2.75) is 44.8 Å². The number of rotatable bonds is 4.